The zero-order chi connectivity index (χ0) is 17.3. The minimum atomic E-state index is -0.824. The highest BCUT2D eigenvalue weighted by molar-refractivity contribution is 5.95. The Morgan fingerprint density at radius 3 is 2.75 bits per heavy atom. The second kappa shape index (κ2) is 6.43. The number of carbonyl (C=O) groups excluding carboxylic acids is 1. The van der Waals surface area contributed by atoms with Crippen LogP contribution in [0.2, 0.25) is 0 Å². The molecule has 1 saturated carbocycles. The monoisotopic (exact) mass is 331 g/mol. The van der Waals surface area contributed by atoms with E-state index in [0.717, 1.165) is 0 Å². The van der Waals surface area contributed by atoms with Gasteiger partial charge in [0.2, 0.25) is 0 Å². The molecule has 1 heterocycles. The predicted molar refractivity (Wildman–Crippen MR) is 84.5 cm³/mol. The summed E-state index contributed by atoms with van der Waals surface area (Å²) in [5.74, 6) is -1.96. The molecule has 1 aromatic carbocycles. The normalized spacial score (nSPS) is 20.1. The second-order valence-electron chi connectivity index (χ2n) is 6.03. The smallest absolute Gasteiger partial charge is 0.306 e. The predicted octanol–water partition coefficient (Wildman–Crippen LogP) is 2.30. The molecule has 2 aromatic rings. The third-order valence-electron chi connectivity index (χ3n) is 4.45. The average Bonchev–Trinajstić information content (AvgIpc) is 3.15. The van der Waals surface area contributed by atoms with Gasteiger partial charge in [0.25, 0.3) is 5.91 Å². The van der Waals surface area contributed by atoms with E-state index in [0.29, 0.717) is 30.5 Å². The summed E-state index contributed by atoms with van der Waals surface area (Å²) in [6.45, 7) is 1.70. The van der Waals surface area contributed by atoms with Crippen LogP contribution in [-0.2, 0) is 4.79 Å². The van der Waals surface area contributed by atoms with E-state index in [1.165, 1.54) is 16.9 Å². The standard InChI is InChI=1S/C17H18FN3O3/c1-10-13(9-19-21(10)15-5-3-2-4-14(15)18)16(22)20-12-7-6-11(8-12)17(23)24/h2-5,9,11-12H,6-8H2,1H3,(H,20,22)(H,23,24)/t11-,12+/m0/s1. The fourth-order valence-electron chi connectivity index (χ4n) is 3.10. The number of halogens is 1. The first-order valence-electron chi connectivity index (χ1n) is 7.80. The van der Waals surface area contributed by atoms with Crippen molar-refractivity contribution in [3.8, 4) is 5.69 Å². The van der Waals surface area contributed by atoms with Crippen LogP contribution in [-0.4, -0.2) is 32.8 Å². The lowest BCUT2D eigenvalue weighted by molar-refractivity contribution is -0.141. The maximum atomic E-state index is 13.9. The van der Waals surface area contributed by atoms with Crippen LogP contribution in [0.4, 0.5) is 4.39 Å². The van der Waals surface area contributed by atoms with Crippen molar-refractivity contribution in [3.05, 3.63) is 47.5 Å². The van der Waals surface area contributed by atoms with Gasteiger partial charge in [0.05, 0.1) is 23.4 Å². The molecule has 0 bridgehead atoms. The van der Waals surface area contributed by atoms with Gasteiger partial charge in [0.1, 0.15) is 11.5 Å². The van der Waals surface area contributed by atoms with Crippen LogP contribution in [0, 0.1) is 18.7 Å². The molecule has 7 heteroatoms. The van der Waals surface area contributed by atoms with E-state index in [1.807, 2.05) is 0 Å². The Kier molecular flexibility index (Phi) is 4.33. The number of nitrogens with one attached hydrogen (secondary N) is 1. The van der Waals surface area contributed by atoms with Crippen molar-refractivity contribution in [2.24, 2.45) is 5.92 Å². The van der Waals surface area contributed by atoms with E-state index >= 15 is 0 Å². The topological polar surface area (TPSA) is 84.2 Å². The molecule has 0 aliphatic heterocycles. The lowest BCUT2D eigenvalue weighted by atomic mass is 10.1. The summed E-state index contributed by atoms with van der Waals surface area (Å²) in [6, 6.07) is 6.05. The number of amides is 1. The van der Waals surface area contributed by atoms with Gasteiger partial charge >= 0.3 is 5.97 Å². The third-order valence-corrected chi connectivity index (χ3v) is 4.45. The van der Waals surface area contributed by atoms with Gasteiger partial charge in [-0.1, -0.05) is 12.1 Å². The van der Waals surface area contributed by atoms with Crippen molar-refractivity contribution in [1.82, 2.24) is 15.1 Å². The highest BCUT2D eigenvalue weighted by Crippen LogP contribution is 2.26. The molecule has 1 amide bonds. The van der Waals surface area contributed by atoms with Gasteiger partial charge in [-0.2, -0.15) is 5.10 Å². The molecule has 24 heavy (non-hydrogen) atoms. The van der Waals surface area contributed by atoms with Crippen LogP contribution < -0.4 is 5.32 Å². The minimum absolute atomic E-state index is 0.158. The molecule has 6 nitrogen and oxygen atoms in total. The first-order valence-corrected chi connectivity index (χ1v) is 7.80. The van der Waals surface area contributed by atoms with Crippen LogP contribution in [0.1, 0.15) is 35.3 Å². The van der Waals surface area contributed by atoms with Crippen molar-refractivity contribution in [1.29, 1.82) is 0 Å². The number of aliphatic carboxylic acids is 1. The maximum Gasteiger partial charge on any atom is 0.306 e. The van der Waals surface area contributed by atoms with Crippen LogP contribution in [0.5, 0.6) is 0 Å². The summed E-state index contributed by atoms with van der Waals surface area (Å²) in [5, 5.41) is 16.0. The van der Waals surface area contributed by atoms with Crippen molar-refractivity contribution in [2.75, 3.05) is 0 Å². The first kappa shape index (κ1) is 16.2. The number of carbonyl (C=O) groups is 2. The number of nitrogens with zero attached hydrogens (tertiary/aromatic N) is 2. The molecule has 0 saturated heterocycles. The highest BCUT2D eigenvalue weighted by Gasteiger charge is 2.31. The van der Waals surface area contributed by atoms with E-state index in [-0.39, 0.29) is 17.6 Å². The van der Waals surface area contributed by atoms with Gasteiger partial charge in [-0.3, -0.25) is 9.59 Å². The fourth-order valence-corrected chi connectivity index (χ4v) is 3.10. The lowest BCUT2D eigenvalue weighted by Crippen LogP contribution is -2.33. The second-order valence-corrected chi connectivity index (χ2v) is 6.03. The van der Waals surface area contributed by atoms with Gasteiger partial charge in [0.15, 0.2) is 0 Å². The minimum Gasteiger partial charge on any atom is -0.481 e. The van der Waals surface area contributed by atoms with Crippen LogP contribution >= 0.6 is 0 Å². The summed E-state index contributed by atoms with van der Waals surface area (Å²) in [6.07, 6.45) is 3.04. The van der Waals surface area contributed by atoms with E-state index in [9.17, 15) is 14.0 Å². The molecule has 0 unspecified atom stereocenters. The number of para-hydroxylation sites is 1. The Bertz CT molecular complexity index is 787. The summed E-state index contributed by atoms with van der Waals surface area (Å²) in [5.41, 5.74) is 1.17. The molecule has 1 fully saturated rings. The molecule has 1 aliphatic carbocycles. The van der Waals surface area contributed by atoms with Crippen molar-refractivity contribution >= 4 is 11.9 Å². The van der Waals surface area contributed by atoms with Gasteiger partial charge in [-0.25, -0.2) is 9.07 Å². The number of carboxylic acids is 1. The number of hydrogen-bond acceptors (Lipinski definition) is 3. The molecule has 1 aromatic heterocycles. The fraction of sp³-hybridized carbons (Fsp3) is 0.353. The Morgan fingerprint density at radius 1 is 1.33 bits per heavy atom. The van der Waals surface area contributed by atoms with Crippen molar-refractivity contribution < 1.29 is 19.1 Å². The number of aromatic nitrogens is 2. The average molecular weight is 331 g/mol. The molecule has 1 aliphatic rings. The van der Waals surface area contributed by atoms with Gasteiger partial charge in [-0.15, -0.1) is 0 Å². The molecule has 2 N–H and O–H groups in total. The number of benzene rings is 1. The van der Waals surface area contributed by atoms with E-state index < -0.39 is 17.7 Å². The Balaban J connectivity index is 1.75. The molecule has 3 rings (SSSR count). The number of hydrogen-bond donors (Lipinski definition) is 2. The lowest BCUT2D eigenvalue weighted by Gasteiger charge is -2.12. The summed E-state index contributed by atoms with van der Waals surface area (Å²) in [7, 11) is 0. The Hall–Kier alpha value is -2.70. The van der Waals surface area contributed by atoms with E-state index in [4.69, 9.17) is 5.11 Å². The molecular formula is C17H18FN3O3. The van der Waals surface area contributed by atoms with Crippen LogP contribution in [0.25, 0.3) is 5.69 Å². The van der Waals surface area contributed by atoms with E-state index in [1.54, 1.807) is 25.1 Å². The summed E-state index contributed by atoms with van der Waals surface area (Å²) >= 11 is 0. The largest absolute Gasteiger partial charge is 0.481 e. The number of carboxylic acid groups (broad SMARTS) is 1. The quantitative estimate of drug-likeness (QED) is 0.900. The van der Waals surface area contributed by atoms with Crippen LogP contribution in [0.3, 0.4) is 0 Å². The van der Waals surface area contributed by atoms with Crippen LogP contribution in [0.15, 0.2) is 30.5 Å². The highest BCUT2D eigenvalue weighted by atomic mass is 19.1. The maximum absolute atomic E-state index is 13.9. The molecule has 2 atom stereocenters. The Labute approximate surface area is 138 Å². The SMILES string of the molecule is Cc1c(C(=O)N[C@@H]2CC[C@H](C(=O)O)C2)cnn1-c1ccccc1F. The van der Waals surface area contributed by atoms with Gasteiger partial charge < -0.3 is 10.4 Å². The molecule has 0 spiro atoms. The summed E-state index contributed by atoms with van der Waals surface area (Å²) < 4.78 is 15.3. The van der Waals surface area contributed by atoms with E-state index in [2.05, 4.69) is 10.4 Å². The molecular weight excluding hydrogens is 313 g/mol. The van der Waals surface area contributed by atoms with Crippen molar-refractivity contribution in [3.63, 3.8) is 0 Å². The zero-order valence-electron chi connectivity index (χ0n) is 13.2. The summed E-state index contributed by atoms with van der Waals surface area (Å²) in [4.78, 5) is 23.4. The number of rotatable bonds is 4. The first-order chi connectivity index (χ1) is 11.5. The third kappa shape index (κ3) is 3.02. The zero-order valence-corrected chi connectivity index (χ0v) is 13.2. The molecule has 0 radical (unpaired) electrons. The Morgan fingerprint density at radius 2 is 2.08 bits per heavy atom. The van der Waals surface area contributed by atoms with Gasteiger partial charge in [0, 0.05) is 6.04 Å². The van der Waals surface area contributed by atoms with Crippen molar-refractivity contribution in [2.45, 2.75) is 32.2 Å². The van der Waals surface area contributed by atoms with Gasteiger partial charge in [-0.05, 0) is 38.3 Å². The molecule has 126 valence electrons.